The van der Waals surface area contributed by atoms with Crippen molar-refractivity contribution >= 4 is 5.91 Å². The first kappa shape index (κ1) is 11.8. The van der Waals surface area contributed by atoms with Crippen molar-refractivity contribution in [2.24, 2.45) is 0 Å². The Hall–Kier alpha value is -2.23. The third kappa shape index (κ3) is 2.62. The van der Waals surface area contributed by atoms with E-state index in [-0.39, 0.29) is 5.91 Å². The number of amides is 1. The lowest BCUT2D eigenvalue weighted by molar-refractivity contribution is 0.0948. The summed E-state index contributed by atoms with van der Waals surface area (Å²) in [5.74, 6) is 1.55. The molecule has 1 aromatic heterocycles. The molecule has 1 aliphatic rings. The number of furan rings is 1. The smallest absolute Gasteiger partial charge is 0.251 e. The average molecular weight is 257 g/mol. The monoisotopic (exact) mass is 257 g/mol. The van der Waals surface area contributed by atoms with Gasteiger partial charge in [-0.15, -0.1) is 0 Å². The predicted octanol–water partition coefficient (Wildman–Crippen LogP) is 2.53. The van der Waals surface area contributed by atoms with Crippen LogP contribution >= 0.6 is 0 Å². The fourth-order valence-corrected chi connectivity index (χ4v) is 2.18. The van der Waals surface area contributed by atoms with E-state index in [0.717, 1.165) is 36.5 Å². The predicted molar refractivity (Wildman–Crippen MR) is 70.1 cm³/mol. The molecule has 0 radical (unpaired) electrons. The first-order valence-electron chi connectivity index (χ1n) is 6.39. The Kier molecular flexibility index (Phi) is 3.23. The summed E-state index contributed by atoms with van der Waals surface area (Å²) in [6.45, 7) is 1.16. The van der Waals surface area contributed by atoms with Crippen LogP contribution in [0, 0.1) is 0 Å². The minimum absolute atomic E-state index is 0.0928. The van der Waals surface area contributed by atoms with Gasteiger partial charge < -0.3 is 14.5 Å². The quantitative estimate of drug-likeness (QED) is 0.919. The number of hydrogen-bond acceptors (Lipinski definition) is 3. The molecule has 1 N–H and O–H groups in total. The normalized spacial score (nSPS) is 13.5. The van der Waals surface area contributed by atoms with Crippen molar-refractivity contribution in [3.05, 3.63) is 53.5 Å². The molecule has 0 unspecified atom stereocenters. The molecule has 1 aliphatic heterocycles. The molecule has 19 heavy (non-hydrogen) atoms. The summed E-state index contributed by atoms with van der Waals surface area (Å²) in [6.07, 6.45) is 3.57. The fraction of sp³-hybridized carbons (Fsp3) is 0.267. The Morgan fingerprint density at radius 1 is 1.32 bits per heavy atom. The van der Waals surface area contributed by atoms with Crippen LogP contribution in [0.5, 0.6) is 5.75 Å². The van der Waals surface area contributed by atoms with Crippen LogP contribution in [0.25, 0.3) is 0 Å². The van der Waals surface area contributed by atoms with Crippen molar-refractivity contribution in [3.8, 4) is 5.75 Å². The number of nitrogens with one attached hydrogen (secondary N) is 1. The van der Waals surface area contributed by atoms with E-state index < -0.39 is 0 Å². The maximum absolute atomic E-state index is 12.0. The van der Waals surface area contributed by atoms with Gasteiger partial charge in [-0.3, -0.25) is 4.79 Å². The van der Waals surface area contributed by atoms with E-state index in [9.17, 15) is 4.79 Å². The minimum atomic E-state index is -0.0928. The standard InChI is InChI=1S/C15H15NO3/c17-15(16-10-13-4-2-7-18-13)12-5-6-14-11(9-12)3-1-8-19-14/h2,4-7,9H,1,3,8,10H2,(H,16,17). The number of carbonyl (C=O) groups excluding carboxylic acids is 1. The van der Waals surface area contributed by atoms with Crippen LogP contribution in [-0.4, -0.2) is 12.5 Å². The van der Waals surface area contributed by atoms with Crippen LogP contribution in [0.2, 0.25) is 0 Å². The summed E-state index contributed by atoms with van der Waals surface area (Å²) in [4.78, 5) is 12.0. The highest BCUT2D eigenvalue weighted by Crippen LogP contribution is 2.25. The number of carbonyl (C=O) groups is 1. The van der Waals surface area contributed by atoms with Gasteiger partial charge in [0, 0.05) is 5.56 Å². The minimum Gasteiger partial charge on any atom is -0.493 e. The van der Waals surface area contributed by atoms with E-state index in [2.05, 4.69) is 5.32 Å². The molecule has 0 saturated carbocycles. The fourth-order valence-electron chi connectivity index (χ4n) is 2.18. The maximum Gasteiger partial charge on any atom is 0.251 e. The van der Waals surface area contributed by atoms with Gasteiger partial charge in [-0.1, -0.05) is 0 Å². The average Bonchev–Trinajstić information content (AvgIpc) is 2.97. The summed E-state index contributed by atoms with van der Waals surface area (Å²) in [5, 5.41) is 2.83. The molecule has 0 spiro atoms. The summed E-state index contributed by atoms with van der Waals surface area (Å²) < 4.78 is 10.7. The Balaban J connectivity index is 1.69. The van der Waals surface area contributed by atoms with Gasteiger partial charge in [0.25, 0.3) is 5.91 Å². The lowest BCUT2D eigenvalue weighted by Gasteiger charge is -2.17. The van der Waals surface area contributed by atoms with Gasteiger partial charge in [0.15, 0.2) is 0 Å². The maximum atomic E-state index is 12.0. The number of aryl methyl sites for hydroxylation is 1. The second kappa shape index (κ2) is 5.18. The second-order valence-electron chi connectivity index (χ2n) is 4.54. The highest BCUT2D eigenvalue weighted by atomic mass is 16.5. The van der Waals surface area contributed by atoms with Gasteiger partial charge in [0.1, 0.15) is 11.5 Å². The van der Waals surface area contributed by atoms with Crippen LogP contribution in [0.1, 0.15) is 28.1 Å². The van der Waals surface area contributed by atoms with E-state index in [1.54, 1.807) is 18.4 Å². The van der Waals surface area contributed by atoms with E-state index in [1.165, 1.54) is 0 Å². The van der Waals surface area contributed by atoms with E-state index in [4.69, 9.17) is 9.15 Å². The number of ether oxygens (including phenoxy) is 1. The molecular weight excluding hydrogens is 242 g/mol. The molecular formula is C15H15NO3. The molecule has 1 amide bonds. The molecule has 1 aromatic carbocycles. The summed E-state index contributed by atoms with van der Waals surface area (Å²) in [7, 11) is 0. The molecule has 3 rings (SSSR count). The number of hydrogen-bond donors (Lipinski definition) is 1. The lowest BCUT2D eigenvalue weighted by atomic mass is 10.0. The zero-order valence-corrected chi connectivity index (χ0v) is 10.5. The van der Waals surface area contributed by atoms with Crippen molar-refractivity contribution in [2.75, 3.05) is 6.61 Å². The van der Waals surface area contributed by atoms with Crippen molar-refractivity contribution in [2.45, 2.75) is 19.4 Å². The molecule has 0 atom stereocenters. The third-order valence-corrected chi connectivity index (χ3v) is 3.17. The van der Waals surface area contributed by atoms with Crippen LogP contribution in [-0.2, 0) is 13.0 Å². The van der Waals surface area contributed by atoms with Gasteiger partial charge in [-0.2, -0.15) is 0 Å². The Labute approximate surface area is 111 Å². The van der Waals surface area contributed by atoms with E-state index in [0.29, 0.717) is 12.1 Å². The van der Waals surface area contributed by atoms with E-state index >= 15 is 0 Å². The molecule has 0 fully saturated rings. The van der Waals surface area contributed by atoms with Crippen molar-refractivity contribution in [1.82, 2.24) is 5.32 Å². The molecule has 4 heteroatoms. The summed E-state index contributed by atoms with van der Waals surface area (Å²) in [5.41, 5.74) is 1.77. The molecule has 98 valence electrons. The molecule has 0 saturated heterocycles. The van der Waals surface area contributed by atoms with Crippen LogP contribution in [0.15, 0.2) is 41.0 Å². The number of fused-ring (bicyclic) bond motifs is 1. The molecule has 2 aromatic rings. The largest absolute Gasteiger partial charge is 0.493 e. The van der Waals surface area contributed by atoms with Crippen LogP contribution in [0.3, 0.4) is 0 Å². The highest BCUT2D eigenvalue weighted by Gasteiger charge is 2.13. The Bertz CT molecular complexity index is 575. The zero-order chi connectivity index (χ0) is 13.1. The van der Waals surface area contributed by atoms with Crippen molar-refractivity contribution in [1.29, 1.82) is 0 Å². The second-order valence-corrected chi connectivity index (χ2v) is 4.54. The topological polar surface area (TPSA) is 51.5 Å². The third-order valence-electron chi connectivity index (χ3n) is 3.17. The Morgan fingerprint density at radius 2 is 2.26 bits per heavy atom. The summed E-state index contributed by atoms with van der Waals surface area (Å²) in [6, 6.07) is 9.21. The molecule has 4 nitrogen and oxygen atoms in total. The van der Waals surface area contributed by atoms with Gasteiger partial charge >= 0.3 is 0 Å². The SMILES string of the molecule is O=C(NCc1ccco1)c1ccc2c(c1)CCCO2. The molecule has 0 bridgehead atoms. The van der Waals surface area contributed by atoms with E-state index in [1.807, 2.05) is 18.2 Å². The zero-order valence-electron chi connectivity index (χ0n) is 10.5. The highest BCUT2D eigenvalue weighted by molar-refractivity contribution is 5.94. The summed E-state index contributed by atoms with van der Waals surface area (Å²) >= 11 is 0. The van der Waals surface area contributed by atoms with Crippen LogP contribution in [0.4, 0.5) is 0 Å². The van der Waals surface area contributed by atoms with Gasteiger partial charge in [0.2, 0.25) is 0 Å². The van der Waals surface area contributed by atoms with Gasteiger partial charge in [0.05, 0.1) is 19.4 Å². The first-order chi connectivity index (χ1) is 9.33. The Morgan fingerprint density at radius 3 is 3.11 bits per heavy atom. The first-order valence-corrected chi connectivity index (χ1v) is 6.39. The number of benzene rings is 1. The molecule has 0 aliphatic carbocycles. The van der Waals surface area contributed by atoms with Crippen molar-refractivity contribution in [3.63, 3.8) is 0 Å². The van der Waals surface area contributed by atoms with Gasteiger partial charge in [-0.25, -0.2) is 0 Å². The van der Waals surface area contributed by atoms with Gasteiger partial charge in [-0.05, 0) is 48.7 Å². The van der Waals surface area contributed by atoms with Crippen LogP contribution < -0.4 is 10.1 Å². The molecule has 2 heterocycles. The number of rotatable bonds is 3. The lowest BCUT2D eigenvalue weighted by Crippen LogP contribution is -2.23. The van der Waals surface area contributed by atoms with Crippen molar-refractivity contribution < 1.29 is 13.9 Å².